The smallest absolute Gasteiger partial charge is 0.314 e. The lowest BCUT2D eigenvalue weighted by molar-refractivity contribution is -0.140. The second-order valence-corrected chi connectivity index (χ2v) is 5.78. The van der Waals surface area contributed by atoms with Gasteiger partial charge in [0.05, 0.1) is 12.5 Å². The Morgan fingerprint density at radius 1 is 1.14 bits per heavy atom. The van der Waals surface area contributed by atoms with Gasteiger partial charge in [0.15, 0.2) is 0 Å². The van der Waals surface area contributed by atoms with E-state index < -0.39 is 11.4 Å². The number of carbonyl (C=O) groups is 1. The van der Waals surface area contributed by atoms with Crippen molar-refractivity contribution in [3.8, 4) is 16.9 Å². The van der Waals surface area contributed by atoms with Crippen LogP contribution in [0.3, 0.4) is 0 Å². The molecule has 3 rings (SSSR count). The molecule has 21 heavy (non-hydrogen) atoms. The Kier molecular flexibility index (Phi) is 3.38. The van der Waals surface area contributed by atoms with Crippen LogP contribution in [0.1, 0.15) is 18.4 Å². The van der Waals surface area contributed by atoms with Crippen molar-refractivity contribution in [3.63, 3.8) is 0 Å². The molecule has 108 valence electrons. The fourth-order valence-electron chi connectivity index (χ4n) is 2.55. The van der Waals surface area contributed by atoms with Gasteiger partial charge in [-0.2, -0.15) is 0 Å². The molecular weight excluding hydrogens is 288 g/mol. The molecule has 0 amide bonds. The van der Waals surface area contributed by atoms with Crippen molar-refractivity contribution in [1.82, 2.24) is 0 Å². The normalized spacial score (nSPS) is 15.5. The molecule has 1 saturated carbocycles. The molecule has 3 nitrogen and oxygen atoms in total. The number of hydrogen-bond donors (Lipinski definition) is 1. The highest BCUT2D eigenvalue weighted by Crippen LogP contribution is 2.50. The Labute approximate surface area is 128 Å². The lowest BCUT2D eigenvalue weighted by Crippen LogP contribution is -2.19. The number of benzene rings is 2. The number of aliphatic carboxylic acids is 1. The minimum atomic E-state index is -0.766. The first kappa shape index (κ1) is 14.0. The molecule has 0 spiro atoms. The third kappa shape index (κ3) is 2.49. The number of carboxylic acids is 1. The van der Waals surface area contributed by atoms with E-state index in [-0.39, 0.29) is 0 Å². The van der Waals surface area contributed by atoms with Gasteiger partial charge >= 0.3 is 5.97 Å². The number of ether oxygens (including phenoxy) is 1. The number of rotatable bonds is 4. The van der Waals surface area contributed by atoms with Crippen LogP contribution < -0.4 is 4.74 Å². The molecule has 0 radical (unpaired) electrons. The van der Waals surface area contributed by atoms with Crippen LogP contribution in [-0.4, -0.2) is 18.2 Å². The van der Waals surface area contributed by atoms with E-state index in [1.807, 2.05) is 42.5 Å². The SMILES string of the molecule is COc1cc(-c2ccc(Cl)cc2)cc(C2(C(=O)O)CC2)c1. The van der Waals surface area contributed by atoms with Crippen molar-refractivity contribution in [2.45, 2.75) is 18.3 Å². The maximum Gasteiger partial charge on any atom is 0.314 e. The van der Waals surface area contributed by atoms with Crippen LogP contribution in [0.15, 0.2) is 42.5 Å². The molecule has 2 aromatic rings. The average Bonchev–Trinajstić information content (AvgIpc) is 3.29. The lowest BCUT2D eigenvalue weighted by atomic mass is 9.92. The minimum absolute atomic E-state index is 0.671. The predicted octanol–water partition coefficient (Wildman–Crippen LogP) is 4.13. The Balaban J connectivity index is 2.10. The van der Waals surface area contributed by atoms with Gasteiger partial charge in [0.1, 0.15) is 5.75 Å². The third-order valence-electron chi connectivity index (χ3n) is 4.03. The summed E-state index contributed by atoms with van der Waals surface area (Å²) in [5.41, 5.74) is 1.99. The van der Waals surface area contributed by atoms with Crippen LogP contribution in [0.25, 0.3) is 11.1 Å². The van der Waals surface area contributed by atoms with Gasteiger partial charge < -0.3 is 9.84 Å². The van der Waals surface area contributed by atoms with E-state index in [1.165, 1.54) is 0 Å². The van der Waals surface area contributed by atoms with Crippen LogP contribution in [0.5, 0.6) is 5.75 Å². The summed E-state index contributed by atoms with van der Waals surface area (Å²) in [6, 6.07) is 13.1. The maximum absolute atomic E-state index is 11.5. The molecule has 0 saturated heterocycles. The molecule has 2 aromatic carbocycles. The molecule has 1 aliphatic rings. The number of halogens is 1. The molecule has 1 fully saturated rings. The van der Waals surface area contributed by atoms with E-state index in [4.69, 9.17) is 16.3 Å². The molecule has 0 bridgehead atoms. The van der Waals surface area contributed by atoms with E-state index in [0.29, 0.717) is 23.6 Å². The Bertz CT molecular complexity index is 688. The maximum atomic E-state index is 11.5. The molecule has 1 N–H and O–H groups in total. The van der Waals surface area contributed by atoms with Gasteiger partial charge in [0, 0.05) is 5.02 Å². The summed E-state index contributed by atoms with van der Waals surface area (Å²) in [5.74, 6) is -0.0946. The van der Waals surface area contributed by atoms with Crippen molar-refractivity contribution >= 4 is 17.6 Å². The van der Waals surface area contributed by atoms with Gasteiger partial charge in [-0.05, 0) is 59.9 Å². The monoisotopic (exact) mass is 302 g/mol. The quantitative estimate of drug-likeness (QED) is 0.923. The highest BCUT2D eigenvalue weighted by Gasteiger charge is 2.52. The zero-order valence-corrected chi connectivity index (χ0v) is 12.4. The molecule has 0 aromatic heterocycles. The number of methoxy groups -OCH3 is 1. The second-order valence-electron chi connectivity index (χ2n) is 5.34. The second kappa shape index (κ2) is 5.08. The van der Waals surface area contributed by atoms with Crippen molar-refractivity contribution in [1.29, 1.82) is 0 Å². The summed E-state index contributed by atoms with van der Waals surface area (Å²) in [4.78, 5) is 11.5. The average molecular weight is 303 g/mol. The summed E-state index contributed by atoms with van der Waals surface area (Å²) in [6.45, 7) is 0. The molecule has 1 aliphatic carbocycles. The van der Waals surface area contributed by atoms with E-state index >= 15 is 0 Å². The summed E-state index contributed by atoms with van der Waals surface area (Å²) < 4.78 is 5.32. The minimum Gasteiger partial charge on any atom is -0.497 e. The molecular formula is C17H15ClO3. The summed E-state index contributed by atoms with van der Waals surface area (Å²) in [5, 5.41) is 10.1. The fourth-order valence-corrected chi connectivity index (χ4v) is 2.68. The molecule has 4 heteroatoms. The first-order valence-corrected chi connectivity index (χ1v) is 7.12. The van der Waals surface area contributed by atoms with E-state index in [9.17, 15) is 9.90 Å². The van der Waals surface area contributed by atoms with Crippen molar-refractivity contribution in [2.75, 3.05) is 7.11 Å². The van der Waals surface area contributed by atoms with E-state index in [0.717, 1.165) is 16.7 Å². The van der Waals surface area contributed by atoms with Gasteiger partial charge in [-0.25, -0.2) is 0 Å². The summed E-state index contributed by atoms with van der Waals surface area (Å²) in [6.07, 6.45) is 1.35. The molecule has 0 atom stereocenters. The fraction of sp³-hybridized carbons (Fsp3) is 0.235. The van der Waals surface area contributed by atoms with Crippen LogP contribution in [0.4, 0.5) is 0 Å². The van der Waals surface area contributed by atoms with Crippen LogP contribution in [-0.2, 0) is 10.2 Å². The standard InChI is InChI=1S/C17H15ClO3/c1-21-15-9-12(11-2-4-14(18)5-3-11)8-13(10-15)17(6-7-17)16(19)20/h2-5,8-10H,6-7H2,1H3,(H,19,20). The topological polar surface area (TPSA) is 46.5 Å². The number of carboxylic acid groups (broad SMARTS) is 1. The number of hydrogen-bond acceptors (Lipinski definition) is 2. The zero-order valence-electron chi connectivity index (χ0n) is 11.6. The van der Waals surface area contributed by atoms with E-state index in [1.54, 1.807) is 7.11 Å². The molecule has 0 heterocycles. The van der Waals surface area contributed by atoms with Crippen molar-refractivity contribution in [3.05, 3.63) is 53.1 Å². The van der Waals surface area contributed by atoms with Crippen LogP contribution >= 0.6 is 11.6 Å². The summed E-state index contributed by atoms with van der Waals surface area (Å²) >= 11 is 5.91. The Hall–Kier alpha value is -2.00. The van der Waals surface area contributed by atoms with Crippen LogP contribution in [0, 0.1) is 0 Å². The Morgan fingerprint density at radius 2 is 1.81 bits per heavy atom. The van der Waals surface area contributed by atoms with Crippen molar-refractivity contribution in [2.24, 2.45) is 0 Å². The molecule has 0 aliphatic heterocycles. The van der Waals surface area contributed by atoms with Crippen molar-refractivity contribution < 1.29 is 14.6 Å². The van der Waals surface area contributed by atoms with Crippen LogP contribution in [0.2, 0.25) is 5.02 Å². The van der Waals surface area contributed by atoms with Gasteiger partial charge in [-0.3, -0.25) is 4.79 Å². The summed E-state index contributed by atoms with van der Waals surface area (Å²) in [7, 11) is 1.59. The van der Waals surface area contributed by atoms with E-state index in [2.05, 4.69) is 0 Å². The van der Waals surface area contributed by atoms with Gasteiger partial charge in [-0.1, -0.05) is 23.7 Å². The van der Waals surface area contributed by atoms with Gasteiger partial charge in [0.25, 0.3) is 0 Å². The zero-order chi connectivity index (χ0) is 15.0. The third-order valence-corrected chi connectivity index (χ3v) is 4.28. The van der Waals surface area contributed by atoms with Gasteiger partial charge in [0.2, 0.25) is 0 Å². The first-order chi connectivity index (χ1) is 10.0. The highest BCUT2D eigenvalue weighted by atomic mass is 35.5. The molecule has 0 unspecified atom stereocenters. The Morgan fingerprint density at radius 3 is 2.33 bits per heavy atom. The predicted molar refractivity (Wildman–Crippen MR) is 82.0 cm³/mol. The highest BCUT2D eigenvalue weighted by molar-refractivity contribution is 6.30. The lowest BCUT2D eigenvalue weighted by Gasteiger charge is -2.14. The van der Waals surface area contributed by atoms with Gasteiger partial charge in [-0.15, -0.1) is 0 Å². The first-order valence-electron chi connectivity index (χ1n) is 6.74. The largest absolute Gasteiger partial charge is 0.497 e.